The van der Waals surface area contributed by atoms with E-state index in [1.54, 1.807) is 65.3 Å². The molecule has 264 valence electrons. The quantitative estimate of drug-likeness (QED) is 0.146. The van der Waals surface area contributed by atoms with E-state index in [-0.39, 0.29) is 61.1 Å². The maximum Gasteiger partial charge on any atom is 0.333 e. The van der Waals surface area contributed by atoms with E-state index in [2.05, 4.69) is 15.6 Å². The number of piperidine rings is 1. The molecule has 0 saturated carbocycles. The first-order chi connectivity index (χ1) is 24.0. The summed E-state index contributed by atoms with van der Waals surface area (Å²) in [6.45, 7) is 0.690. The third kappa shape index (κ3) is 8.06. The molecule has 3 amide bonds. The van der Waals surface area contributed by atoms with Crippen LogP contribution in [0.5, 0.6) is 11.5 Å². The van der Waals surface area contributed by atoms with Gasteiger partial charge in [-0.1, -0.05) is 0 Å². The highest BCUT2D eigenvalue weighted by atomic mass is 16.7. The minimum Gasteiger partial charge on any atom is -0.490 e. The summed E-state index contributed by atoms with van der Waals surface area (Å²) in [7, 11) is 1.70. The van der Waals surface area contributed by atoms with Crippen molar-refractivity contribution in [2.45, 2.75) is 69.5 Å². The maximum absolute atomic E-state index is 13.6. The topological polar surface area (TPSA) is 207 Å². The lowest BCUT2D eigenvalue weighted by Gasteiger charge is -2.33. The van der Waals surface area contributed by atoms with Crippen molar-refractivity contribution in [1.29, 1.82) is 0 Å². The van der Waals surface area contributed by atoms with E-state index in [0.29, 0.717) is 47.0 Å². The molecule has 2 aromatic carbocycles. The van der Waals surface area contributed by atoms with Crippen molar-refractivity contribution in [3.05, 3.63) is 59.9 Å². The van der Waals surface area contributed by atoms with Crippen LogP contribution in [0, 0.1) is 0 Å². The average Bonchev–Trinajstić information content (AvgIpc) is 3.39. The fraction of sp³-hybridized carbons (Fsp3) is 0.400. The first-order valence-electron chi connectivity index (χ1n) is 16.6. The van der Waals surface area contributed by atoms with Gasteiger partial charge in [-0.3, -0.25) is 19.4 Å². The molecule has 4 atom stereocenters. The smallest absolute Gasteiger partial charge is 0.333 e. The summed E-state index contributed by atoms with van der Waals surface area (Å²) < 4.78 is 19.3. The lowest BCUT2D eigenvalue weighted by molar-refractivity contribution is -0.195. The van der Waals surface area contributed by atoms with Gasteiger partial charge in [-0.15, -0.1) is 0 Å². The Labute approximate surface area is 288 Å². The minimum absolute atomic E-state index is 0.0189. The Kier molecular flexibility index (Phi) is 10.3. The average molecular weight is 689 g/mol. The van der Waals surface area contributed by atoms with Gasteiger partial charge >= 0.3 is 5.97 Å². The van der Waals surface area contributed by atoms with E-state index in [0.717, 1.165) is 19.3 Å². The molecule has 3 aliphatic heterocycles. The van der Waals surface area contributed by atoms with Crippen LogP contribution >= 0.6 is 0 Å². The van der Waals surface area contributed by atoms with Gasteiger partial charge in [0.05, 0.1) is 35.7 Å². The summed E-state index contributed by atoms with van der Waals surface area (Å²) in [5.74, 6) is -1.70. The number of nitrogen functional groups attached to an aromatic ring is 1. The number of nitrogens with zero attached hydrogens (tertiary/aromatic N) is 3. The minimum atomic E-state index is -1.26. The molecule has 3 aromatic rings. The van der Waals surface area contributed by atoms with Crippen LogP contribution in [0.3, 0.4) is 0 Å². The van der Waals surface area contributed by atoms with E-state index in [9.17, 15) is 29.4 Å². The number of aliphatic hydroxyl groups excluding tert-OH is 1. The highest BCUT2D eigenvalue weighted by Gasteiger charge is 2.36. The number of hydrogen-bond donors (Lipinski definition) is 5. The van der Waals surface area contributed by atoms with Gasteiger partial charge in [0, 0.05) is 62.7 Å². The summed E-state index contributed by atoms with van der Waals surface area (Å²) in [6, 6.07) is 11.3. The Morgan fingerprint density at radius 1 is 1.06 bits per heavy atom. The molecule has 0 radical (unpaired) electrons. The summed E-state index contributed by atoms with van der Waals surface area (Å²) in [6.07, 6.45) is 3.11. The molecule has 0 aliphatic carbocycles. The fourth-order valence-corrected chi connectivity index (χ4v) is 6.21. The predicted molar refractivity (Wildman–Crippen MR) is 183 cm³/mol. The number of ether oxygens (including phenoxy) is 3. The number of rotatable bonds is 11. The Morgan fingerprint density at radius 2 is 1.86 bits per heavy atom. The summed E-state index contributed by atoms with van der Waals surface area (Å²) >= 11 is 0. The van der Waals surface area contributed by atoms with E-state index >= 15 is 0 Å². The number of carboxylic acids is 1. The van der Waals surface area contributed by atoms with Crippen LogP contribution < -0.4 is 25.8 Å². The molecular weight excluding hydrogens is 648 g/mol. The van der Waals surface area contributed by atoms with Gasteiger partial charge < -0.3 is 50.3 Å². The molecule has 4 unspecified atom stereocenters. The van der Waals surface area contributed by atoms with Crippen LogP contribution in [-0.4, -0.2) is 87.3 Å². The third-order valence-electron chi connectivity index (χ3n) is 8.78. The van der Waals surface area contributed by atoms with Gasteiger partial charge in [0.15, 0.2) is 17.6 Å². The number of hydrogen-bond acceptors (Lipinski definition) is 10. The van der Waals surface area contributed by atoms with E-state index < -0.39 is 24.5 Å². The van der Waals surface area contributed by atoms with Crippen molar-refractivity contribution in [2.75, 3.05) is 29.5 Å². The number of aliphatic imine (C=N–C) groups is 1. The van der Waals surface area contributed by atoms with Crippen LogP contribution in [0.2, 0.25) is 0 Å². The molecule has 1 aromatic heterocycles. The SMILES string of the molecule is Cn1cc(NC(=O)CCCOc2cc3c(cc2OC2CC(O)CC(C(=O)O)O2)C(=O)N2CCCCC2C=N3)cc1C(=O)Nc1ccc(N)cc1. The first-order valence-corrected chi connectivity index (χ1v) is 16.6. The Hall–Kier alpha value is -5.41. The molecule has 15 heteroatoms. The number of nitrogens with one attached hydrogen (secondary N) is 2. The highest BCUT2D eigenvalue weighted by Crippen LogP contribution is 2.39. The molecule has 6 N–H and O–H groups in total. The van der Waals surface area contributed by atoms with Gasteiger partial charge in [0.2, 0.25) is 12.2 Å². The largest absolute Gasteiger partial charge is 0.490 e. The number of aliphatic carboxylic acids is 1. The number of carbonyl (C=O) groups excluding carboxylic acids is 3. The number of amides is 3. The number of nitrogens with two attached hydrogens (primary N) is 1. The van der Waals surface area contributed by atoms with Crippen molar-refractivity contribution in [3.8, 4) is 11.5 Å². The first kappa shape index (κ1) is 34.5. The second-order valence-electron chi connectivity index (χ2n) is 12.6. The summed E-state index contributed by atoms with van der Waals surface area (Å²) in [4.78, 5) is 57.2. The summed E-state index contributed by atoms with van der Waals surface area (Å²) in [5.41, 5.74) is 8.38. The number of benzene rings is 2. The Bertz CT molecular complexity index is 1790. The second-order valence-corrected chi connectivity index (χ2v) is 12.6. The number of carbonyl (C=O) groups is 4. The van der Waals surface area contributed by atoms with E-state index in [4.69, 9.17) is 19.9 Å². The summed E-state index contributed by atoms with van der Waals surface area (Å²) in [5, 5.41) is 25.4. The van der Waals surface area contributed by atoms with E-state index in [1.807, 2.05) is 0 Å². The molecule has 0 spiro atoms. The van der Waals surface area contributed by atoms with Crippen molar-refractivity contribution in [1.82, 2.24) is 9.47 Å². The predicted octanol–water partition coefficient (Wildman–Crippen LogP) is 3.70. The monoisotopic (exact) mass is 688 g/mol. The highest BCUT2D eigenvalue weighted by molar-refractivity contribution is 6.05. The molecule has 2 fully saturated rings. The fourth-order valence-electron chi connectivity index (χ4n) is 6.21. The number of aryl methyl sites for hydroxylation is 1. The van der Waals surface area contributed by atoms with Crippen molar-refractivity contribution < 1.29 is 43.6 Å². The standard InChI is InChI=1S/C35H40N6O9/c1-40-19-22(13-27(40)33(44)39-21-9-7-20(36)8-10-21)38-31(43)6-4-12-48-28-17-26-25(34(45)41-11-3-2-5-23(41)18-37-26)16-29(28)49-32-15-24(42)14-30(50-32)35(46)47/h7-10,13,16-19,23-24,30,32,42H,2-6,11-12,14-15,36H2,1H3,(H,38,43)(H,39,44)(H,46,47). The number of anilines is 3. The molecule has 6 rings (SSSR count). The van der Waals surface area contributed by atoms with Crippen molar-refractivity contribution >= 4 is 52.7 Å². The maximum atomic E-state index is 13.6. The van der Waals surface area contributed by atoms with Gasteiger partial charge in [0.25, 0.3) is 11.8 Å². The molecule has 50 heavy (non-hydrogen) atoms. The normalized spacial score (nSPS) is 21.4. The molecule has 3 aliphatic rings. The van der Waals surface area contributed by atoms with Crippen LogP contribution in [0.1, 0.15) is 65.8 Å². The zero-order valence-electron chi connectivity index (χ0n) is 27.5. The van der Waals surface area contributed by atoms with Crippen LogP contribution in [0.15, 0.2) is 53.7 Å². The lowest BCUT2D eigenvalue weighted by Crippen LogP contribution is -2.44. The molecule has 4 heterocycles. The second kappa shape index (κ2) is 15.0. The van der Waals surface area contributed by atoms with Crippen LogP contribution in [0.4, 0.5) is 22.7 Å². The number of carboxylic acid groups (broad SMARTS) is 1. The van der Waals surface area contributed by atoms with Gasteiger partial charge in [-0.25, -0.2) is 4.79 Å². The zero-order chi connectivity index (χ0) is 35.4. The number of aromatic nitrogens is 1. The molecule has 2 saturated heterocycles. The molecule has 15 nitrogen and oxygen atoms in total. The molecular formula is C35H40N6O9. The van der Waals surface area contributed by atoms with Crippen molar-refractivity contribution in [2.24, 2.45) is 12.0 Å². The van der Waals surface area contributed by atoms with Gasteiger partial charge in [-0.2, -0.15) is 0 Å². The van der Waals surface area contributed by atoms with Gasteiger partial charge in [0.1, 0.15) is 5.69 Å². The molecule has 0 bridgehead atoms. The third-order valence-corrected chi connectivity index (χ3v) is 8.78. The van der Waals surface area contributed by atoms with Crippen LogP contribution in [-0.2, 0) is 21.4 Å². The Balaban J connectivity index is 1.11. The van der Waals surface area contributed by atoms with E-state index in [1.165, 1.54) is 6.07 Å². The van der Waals surface area contributed by atoms with Crippen molar-refractivity contribution in [3.63, 3.8) is 0 Å². The number of fused-ring (bicyclic) bond motifs is 2. The van der Waals surface area contributed by atoms with Crippen LogP contribution in [0.25, 0.3) is 0 Å². The lowest BCUT2D eigenvalue weighted by atomic mass is 10.0. The van der Waals surface area contributed by atoms with Gasteiger partial charge in [-0.05, 0) is 62.1 Å². The number of aliphatic hydroxyl groups is 1. The zero-order valence-corrected chi connectivity index (χ0v) is 27.5. The Morgan fingerprint density at radius 3 is 2.64 bits per heavy atom.